The molecule has 0 N–H and O–H groups in total. The van der Waals surface area contributed by atoms with Crippen LogP contribution in [0.3, 0.4) is 0 Å². The summed E-state index contributed by atoms with van der Waals surface area (Å²) in [6.07, 6.45) is 1.70. The number of rotatable bonds is 5. The van der Waals surface area contributed by atoms with Crippen molar-refractivity contribution in [2.24, 2.45) is 5.41 Å². The van der Waals surface area contributed by atoms with E-state index in [1.165, 1.54) is 10.4 Å². The molecule has 5 heteroatoms. The van der Waals surface area contributed by atoms with Gasteiger partial charge in [-0.25, -0.2) is 0 Å². The number of nitrogens with zero attached hydrogens (tertiary/aromatic N) is 2. The van der Waals surface area contributed by atoms with Crippen LogP contribution < -0.4 is 0 Å². The smallest absolute Gasteiger partial charge is 0.243 e. The Morgan fingerprint density at radius 1 is 1.21 bits per heavy atom. The van der Waals surface area contributed by atoms with Crippen molar-refractivity contribution in [1.82, 2.24) is 9.80 Å². The first-order valence-corrected chi connectivity index (χ1v) is 11.3. The fourth-order valence-corrected chi connectivity index (χ4v) is 4.80. The van der Waals surface area contributed by atoms with Crippen LogP contribution in [0.2, 0.25) is 0 Å². The molecule has 0 fully saturated rings. The van der Waals surface area contributed by atoms with E-state index >= 15 is 0 Å². The Morgan fingerprint density at radius 2 is 1.90 bits per heavy atom. The lowest BCUT2D eigenvalue weighted by Crippen LogP contribution is -2.51. The highest BCUT2D eigenvalue weighted by molar-refractivity contribution is 7.10. The maximum Gasteiger partial charge on any atom is 0.243 e. The average Bonchev–Trinajstić information content (AvgIpc) is 3.18. The molecule has 2 amide bonds. The first-order valence-electron chi connectivity index (χ1n) is 10.5. The molecule has 1 aromatic carbocycles. The Labute approximate surface area is 178 Å². The number of amides is 2. The van der Waals surface area contributed by atoms with E-state index in [1.807, 2.05) is 50.8 Å². The van der Waals surface area contributed by atoms with Crippen molar-refractivity contribution in [1.29, 1.82) is 0 Å². The molecule has 0 saturated heterocycles. The van der Waals surface area contributed by atoms with Gasteiger partial charge in [0.25, 0.3) is 0 Å². The number of carbonyl (C=O) groups is 2. The lowest BCUT2D eigenvalue weighted by atomic mass is 9.92. The van der Waals surface area contributed by atoms with Crippen LogP contribution in [0.15, 0.2) is 41.8 Å². The largest absolute Gasteiger partial charge is 0.330 e. The van der Waals surface area contributed by atoms with Crippen LogP contribution in [-0.2, 0) is 16.0 Å². The van der Waals surface area contributed by atoms with E-state index < -0.39 is 5.41 Å². The Balaban J connectivity index is 1.91. The summed E-state index contributed by atoms with van der Waals surface area (Å²) in [5.41, 5.74) is 1.83. The highest BCUT2D eigenvalue weighted by atomic mass is 32.1. The van der Waals surface area contributed by atoms with Crippen LogP contribution in [-0.4, -0.2) is 40.7 Å². The second kappa shape index (κ2) is 8.70. The van der Waals surface area contributed by atoms with Crippen LogP contribution in [0.5, 0.6) is 0 Å². The zero-order valence-electron chi connectivity index (χ0n) is 18.1. The van der Waals surface area contributed by atoms with Gasteiger partial charge in [0.05, 0.1) is 6.04 Å². The first kappa shape index (κ1) is 21.6. The Kier molecular flexibility index (Phi) is 6.47. The second-order valence-electron chi connectivity index (χ2n) is 8.89. The second-order valence-corrected chi connectivity index (χ2v) is 9.89. The van der Waals surface area contributed by atoms with Crippen LogP contribution in [0.1, 0.15) is 63.1 Å². The highest BCUT2D eigenvalue weighted by Gasteiger charge is 2.36. The summed E-state index contributed by atoms with van der Waals surface area (Å²) in [5, 5.41) is 2.11. The van der Waals surface area contributed by atoms with Crippen molar-refractivity contribution >= 4 is 23.2 Å². The van der Waals surface area contributed by atoms with E-state index in [0.717, 1.165) is 18.4 Å². The maximum atomic E-state index is 13.5. The molecule has 0 saturated carbocycles. The monoisotopic (exact) mass is 412 g/mol. The summed E-state index contributed by atoms with van der Waals surface area (Å²) < 4.78 is 0. The van der Waals surface area contributed by atoms with Crippen molar-refractivity contribution in [2.75, 3.05) is 13.1 Å². The molecule has 0 bridgehead atoms. The van der Waals surface area contributed by atoms with Gasteiger partial charge in [-0.1, -0.05) is 58.0 Å². The fraction of sp³-hybridized carbons (Fsp3) is 0.500. The third-order valence-electron chi connectivity index (χ3n) is 5.73. The molecule has 2 aromatic rings. The molecule has 29 heavy (non-hydrogen) atoms. The minimum absolute atomic E-state index is 0.0219. The van der Waals surface area contributed by atoms with E-state index in [1.54, 1.807) is 16.2 Å². The van der Waals surface area contributed by atoms with Crippen molar-refractivity contribution < 1.29 is 9.59 Å². The molecule has 1 aliphatic rings. The molecule has 156 valence electrons. The fourth-order valence-electron chi connectivity index (χ4n) is 3.90. The summed E-state index contributed by atoms with van der Waals surface area (Å²) in [7, 11) is 0. The van der Waals surface area contributed by atoms with Crippen LogP contribution in [0.4, 0.5) is 0 Å². The standard InChI is InChI=1S/C24H32N2O2S/c1-6-17(2)26(23(28)24(3,4)5)16-21(27)25-14-12-20-19(13-15-29-20)22(25)18-10-8-7-9-11-18/h7-11,13,15,17,22H,6,12,14,16H2,1-5H3/t17-,22-/m0/s1. The quantitative estimate of drug-likeness (QED) is 0.701. The number of thiophene rings is 1. The first-order chi connectivity index (χ1) is 13.7. The highest BCUT2D eigenvalue weighted by Crippen LogP contribution is 2.38. The van der Waals surface area contributed by atoms with Gasteiger partial charge in [0.15, 0.2) is 0 Å². The van der Waals surface area contributed by atoms with E-state index in [4.69, 9.17) is 0 Å². The van der Waals surface area contributed by atoms with Gasteiger partial charge in [0.2, 0.25) is 11.8 Å². The molecule has 0 aliphatic carbocycles. The van der Waals surface area contributed by atoms with Gasteiger partial charge < -0.3 is 9.80 Å². The average molecular weight is 413 g/mol. The number of hydrogen-bond acceptors (Lipinski definition) is 3. The third-order valence-corrected chi connectivity index (χ3v) is 6.73. The maximum absolute atomic E-state index is 13.5. The van der Waals surface area contributed by atoms with E-state index in [-0.39, 0.29) is 30.4 Å². The molecule has 1 aliphatic heterocycles. The molecule has 0 radical (unpaired) electrons. The Bertz CT molecular complexity index is 853. The van der Waals surface area contributed by atoms with Gasteiger partial charge >= 0.3 is 0 Å². The predicted molar refractivity (Wildman–Crippen MR) is 119 cm³/mol. The number of benzene rings is 1. The van der Waals surface area contributed by atoms with Crippen molar-refractivity contribution in [3.63, 3.8) is 0 Å². The summed E-state index contributed by atoms with van der Waals surface area (Å²) in [6.45, 7) is 10.7. The molecule has 3 rings (SSSR count). The SMILES string of the molecule is CC[C@H](C)N(CC(=O)N1CCc2sccc2[C@@H]1c1ccccc1)C(=O)C(C)(C)C. The van der Waals surface area contributed by atoms with Gasteiger partial charge in [-0.05, 0) is 42.3 Å². The molecule has 4 nitrogen and oxygen atoms in total. The van der Waals surface area contributed by atoms with Crippen LogP contribution in [0, 0.1) is 5.41 Å². The van der Waals surface area contributed by atoms with Crippen molar-refractivity contribution in [2.45, 2.75) is 59.5 Å². The zero-order chi connectivity index (χ0) is 21.2. The van der Waals surface area contributed by atoms with Gasteiger partial charge in [0.1, 0.15) is 6.54 Å². The molecule has 2 heterocycles. The molecule has 2 atom stereocenters. The third kappa shape index (κ3) is 4.55. The van der Waals surface area contributed by atoms with Gasteiger partial charge in [-0.2, -0.15) is 0 Å². The Morgan fingerprint density at radius 3 is 2.52 bits per heavy atom. The molecule has 0 spiro atoms. The van der Waals surface area contributed by atoms with E-state index in [2.05, 4.69) is 30.5 Å². The summed E-state index contributed by atoms with van der Waals surface area (Å²) in [4.78, 5) is 31.7. The van der Waals surface area contributed by atoms with Crippen molar-refractivity contribution in [3.8, 4) is 0 Å². The normalized spacial score (nSPS) is 17.6. The van der Waals surface area contributed by atoms with Crippen molar-refractivity contribution in [3.05, 3.63) is 57.8 Å². The van der Waals surface area contributed by atoms with E-state index in [9.17, 15) is 9.59 Å². The molecular formula is C24H32N2O2S. The van der Waals surface area contributed by atoms with E-state index in [0.29, 0.717) is 6.54 Å². The van der Waals surface area contributed by atoms with Gasteiger partial charge in [-0.15, -0.1) is 11.3 Å². The summed E-state index contributed by atoms with van der Waals surface area (Å²) in [5.74, 6) is 0.0540. The minimum Gasteiger partial charge on any atom is -0.330 e. The Hall–Kier alpha value is -2.14. The predicted octanol–water partition coefficient (Wildman–Crippen LogP) is 4.90. The lowest BCUT2D eigenvalue weighted by Gasteiger charge is -2.39. The summed E-state index contributed by atoms with van der Waals surface area (Å²) >= 11 is 1.77. The minimum atomic E-state index is -0.509. The number of fused-ring (bicyclic) bond motifs is 1. The zero-order valence-corrected chi connectivity index (χ0v) is 19.0. The van der Waals surface area contributed by atoms with Gasteiger partial charge in [-0.3, -0.25) is 9.59 Å². The van der Waals surface area contributed by atoms with Crippen LogP contribution in [0.25, 0.3) is 0 Å². The molecule has 1 aromatic heterocycles. The lowest BCUT2D eigenvalue weighted by molar-refractivity contribution is -0.148. The summed E-state index contributed by atoms with van der Waals surface area (Å²) in [6, 6.07) is 12.3. The number of hydrogen-bond donors (Lipinski definition) is 0. The number of carbonyl (C=O) groups excluding carboxylic acids is 2. The van der Waals surface area contributed by atoms with Crippen LogP contribution >= 0.6 is 11.3 Å². The van der Waals surface area contributed by atoms with Gasteiger partial charge in [0, 0.05) is 22.9 Å². The molecule has 0 unspecified atom stereocenters. The topological polar surface area (TPSA) is 40.6 Å². The molecular weight excluding hydrogens is 380 g/mol.